The third-order valence-electron chi connectivity index (χ3n) is 2.88. The second-order valence-electron chi connectivity index (χ2n) is 4.17. The van der Waals surface area contributed by atoms with E-state index >= 15 is 0 Å². The summed E-state index contributed by atoms with van der Waals surface area (Å²) in [5, 5.41) is 9.61. The molecule has 6 heteroatoms. The molecule has 0 aliphatic carbocycles. The van der Waals surface area contributed by atoms with Crippen LogP contribution in [0.5, 0.6) is 11.5 Å². The minimum atomic E-state index is -3.67. The Balaban J connectivity index is 2.46. The quantitative estimate of drug-likeness (QED) is 0.938. The van der Waals surface area contributed by atoms with E-state index < -0.39 is 10.0 Å². The van der Waals surface area contributed by atoms with Crippen LogP contribution in [0.25, 0.3) is 0 Å². The van der Waals surface area contributed by atoms with Crippen molar-refractivity contribution >= 4 is 15.7 Å². The topological polar surface area (TPSA) is 66.8 Å². The highest BCUT2D eigenvalue weighted by Crippen LogP contribution is 2.30. The Morgan fingerprint density at radius 1 is 1.10 bits per heavy atom. The summed E-state index contributed by atoms with van der Waals surface area (Å²) in [6.45, 7) is 0. The number of sulfonamides is 1. The molecule has 0 bridgehead atoms. The number of hydrogen-bond donors (Lipinski definition) is 1. The highest BCUT2D eigenvalue weighted by Gasteiger charge is 2.21. The molecule has 0 aromatic heterocycles. The van der Waals surface area contributed by atoms with E-state index in [2.05, 4.69) is 0 Å². The summed E-state index contributed by atoms with van der Waals surface area (Å²) < 4.78 is 31.0. The van der Waals surface area contributed by atoms with Crippen LogP contribution in [0.2, 0.25) is 0 Å². The van der Waals surface area contributed by atoms with Crippen molar-refractivity contribution in [3.8, 4) is 11.5 Å². The highest BCUT2D eigenvalue weighted by molar-refractivity contribution is 7.92. The smallest absolute Gasteiger partial charge is 0.264 e. The van der Waals surface area contributed by atoms with Gasteiger partial charge in [-0.2, -0.15) is 0 Å². The number of phenols is 1. The molecule has 0 saturated heterocycles. The van der Waals surface area contributed by atoms with Gasteiger partial charge in [-0.05, 0) is 12.1 Å². The first-order valence-electron chi connectivity index (χ1n) is 5.87. The third-order valence-corrected chi connectivity index (χ3v) is 4.68. The number of hydrogen-bond acceptors (Lipinski definition) is 4. The van der Waals surface area contributed by atoms with Gasteiger partial charge >= 0.3 is 0 Å². The fourth-order valence-corrected chi connectivity index (χ4v) is 2.96. The van der Waals surface area contributed by atoms with Crippen molar-refractivity contribution in [1.29, 1.82) is 0 Å². The van der Waals surface area contributed by atoms with Gasteiger partial charge in [-0.3, -0.25) is 4.31 Å². The van der Waals surface area contributed by atoms with Crippen LogP contribution in [-0.4, -0.2) is 27.7 Å². The molecule has 1 N–H and O–H groups in total. The van der Waals surface area contributed by atoms with Crippen LogP contribution in [0.3, 0.4) is 0 Å². The van der Waals surface area contributed by atoms with Crippen LogP contribution in [0, 0.1) is 0 Å². The van der Waals surface area contributed by atoms with Gasteiger partial charge in [0, 0.05) is 25.2 Å². The van der Waals surface area contributed by atoms with Gasteiger partial charge < -0.3 is 9.84 Å². The molecule has 0 amide bonds. The van der Waals surface area contributed by atoms with E-state index in [1.165, 1.54) is 38.4 Å². The number of methoxy groups -OCH3 is 1. The lowest BCUT2D eigenvalue weighted by molar-refractivity contribution is 0.408. The van der Waals surface area contributed by atoms with Gasteiger partial charge in [-0.25, -0.2) is 8.42 Å². The highest BCUT2D eigenvalue weighted by atomic mass is 32.2. The number of nitrogens with zero attached hydrogens (tertiary/aromatic N) is 1. The van der Waals surface area contributed by atoms with Crippen LogP contribution < -0.4 is 9.04 Å². The van der Waals surface area contributed by atoms with E-state index in [1.54, 1.807) is 24.3 Å². The van der Waals surface area contributed by atoms with Gasteiger partial charge in [-0.1, -0.05) is 18.2 Å². The van der Waals surface area contributed by atoms with E-state index in [4.69, 9.17) is 4.74 Å². The lowest BCUT2D eigenvalue weighted by atomic mass is 10.3. The van der Waals surface area contributed by atoms with Crippen LogP contribution in [0.4, 0.5) is 5.69 Å². The number of phenolic OH excluding ortho intramolecular Hbond substituents is 1. The second kappa shape index (κ2) is 5.42. The summed E-state index contributed by atoms with van der Waals surface area (Å²) in [4.78, 5) is 0.185. The maximum Gasteiger partial charge on any atom is 0.264 e. The second-order valence-corrected chi connectivity index (χ2v) is 6.14. The molecule has 5 nitrogen and oxygen atoms in total. The SMILES string of the molecule is COc1cc(O)cc(N(C)S(=O)(=O)c2ccccc2)c1. The predicted octanol–water partition coefficient (Wildman–Crippen LogP) is 2.23. The molecular formula is C14H15NO4S. The van der Waals surface area contributed by atoms with Crippen LogP contribution in [0.15, 0.2) is 53.4 Å². The molecule has 2 aromatic carbocycles. The maximum absolute atomic E-state index is 12.4. The summed E-state index contributed by atoms with van der Waals surface area (Å²) in [5.74, 6) is 0.324. The summed E-state index contributed by atoms with van der Waals surface area (Å²) in [7, 11) is -0.791. The van der Waals surface area contributed by atoms with E-state index in [0.717, 1.165) is 4.31 Å². The minimum absolute atomic E-state index is 0.0607. The summed E-state index contributed by atoms with van der Waals surface area (Å²) >= 11 is 0. The molecular weight excluding hydrogens is 278 g/mol. The largest absolute Gasteiger partial charge is 0.508 e. The van der Waals surface area contributed by atoms with Crippen LogP contribution in [-0.2, 0) is 10.0 Å². The molecule has 0 unspecified atom stereocenters. The van der Waals surface area contributed by atoms with Crippen molar-refractivity contribution in [1.82, 2.24) is 0 Å². The fraction of sp³-hybridized carbons (Fsp3) is 0.143. The Hall–Kier alpha value is -2.21. The zero-order valence-electron chi connectivity index (χ0n) is 11.1. The average molecular weight is 293 g/mol. The first-order chi connectivity index (χ1) is 9.45. The van der Waals surface area contributed by atoms with E-state index in [0.29, 0.717) is 11.4 Å². The Bertz CT molecular complexity index is 698. The molecule has 20 heavy (non-hydrogen) atoms. The van der Waals surface area contributed by atoms with Gasteiger partial charge in [0.25, 0.3) is 10.0 Å². The lowest BCUT2D eigenvalue weighted by Gasteiger charge is -2.20. The van der Waals surface area contributed by atoms with Gasteiger partial charge in [-0.15, -0.1) is 0 Å². The zero-order valence-corrected chi connectivity index (χ0v) is 12.0. The Morgan fingerprint density at radius 3 is 2.35 bits per heavy atom. The van der Waals surface area contributed by atoms with E-state index in [-0.39, 0.29) is 10.6 Å². The van der Waals surface area contributed by atoms with Gasteiger partial charge in [0.05, 0.1) is 17.7 Å². The Kier molecular flexibility index (Phi) is 3.85. The third kappa shape index (κ3) is 2.70. The van der Waals surface area contributed by atoms with Crippen molar-refractivity contribution in [2.24, 2.45) is 0 Å². The molecule has 0 aliphatic heterocycles. The van der Waals surface area contributed by atoms with Crippen molar-refractivity contribution in [2.45, 2.75) is 4.90 Å². The number of rotatable bonds is 4. The number of ether oxygens (including phenoxy) is 1. The van der Waals surface area contributed by atoms with Crippen LogP contribution in [0.1, 0.15) is 0 Å². The fourth-order valence-electron chi connectivity index (χ4n) is 1.76. The molecule has 0 saturated carbocycles. The minimum Gasteiger partial charge on any atom is -0.508 e. The lowest BCUT2D eigenvalue weighted by Crippen LogP contribution is -2.26. The summed E-state index contributed by atoms with van der Waals surface area (Å²) in [6.07, 6.45) is 0. The monoisotopic (exact) mass is 293 g/mol. The van der Waals surface area contributed by atoms with Crippen molar-refractivity contribution in [3.63, 3.8) is 0 Å². The van der Waals surface area contributed by atoms with Crippen LogP contribution >= 0.6 is 0 Å². The maximum atomic E-state index is 12.4. The first kappa shape index (κ1) is 14.2. The van der Waals surface area contributed by atoms with Crippen molar-refractivity contribution < 1.29 is 18.3 Å². The molecule has 2 rings (SSSR count). The molecule has 0 atom stereocenters. The summed E-state index contributed by atoms with van der Waals surface area (Å²) in [6, 6.07) is 12.4. The average Bonchev–Trinajstić information content (AvgIpc) is 2.46. The number of benzene rings is 2. The Labute approximate surface area is 118 Å². The molecule has 0 spiro atoms. The Morgan fingerprint density at radius 2 is 1.75 bits per heavy atom. The molecule has 0 fully saturated rings. The number of aromatic hydroxyl groups is 1. The standard InChI is InChI=1S/C14H15NO4S/c1-15(11-8-12(16)10-13(9-11)19-2)20(17,18)14-6-4-3-5-7-14/h3-10,16H,1-2H3. The normalized spacial score (nSPS) is 11.1. The van der Waals surface area contributed by atoms with Gasteiger partial charge in [0.2, 0.25) is 0 Å². The molecule has 106 valence electrons. The molecule has 0 heterocycles. The number of anilines is 1. The summed E-state index contributed by atoms with van der Waals surface area (Å²) in [5.41, 5.74) is 0.325. The van der Waals surface area contributed by atoms with Crippen molar-refractivity contribution in [2.75, 3.05) is 18.5 Å². The van der Waals surface area contributed by atoms with Gasteiger partial charge in [0.15, 0.2) is 0 Å². The molecule has 2 aromatic rings. The van der Waals surface area contributed by atoms with E-state index in [9.17, 15) is 13.5 Å². The molecule has 0 radical (unpaired) electrons. The first-order valence-corrected chi connectivity index (χ1v) is 7.31. The predicted molar refractivity (Wildman–Crippen MR) is 76.7 cm³/mol. The van der Waals surface area contributed by atoms with E-state index in [1.807, 2.05) is 0 Å². The van der Waals surface area contributed by atoms with Gasteiger partial charge in [0.1, 0.15) is 11.5 Å². The van der Waals surface area contributed by atoms with Crippen molar-refractivity contribution in [3.05, 3.63) is 48.5 Å². The molecule has 0 aliphatic rings. The zero-order chi connectivity index (χ0) is 14.8.